The van der Waals surface area contributed by atoms with Gasteiger partial charge >= 0.3 is 0 Å². The molecule has 0 radical (unpaired) electrons. The van der Waals surface area contributed by atoms with Crippen LogP contribution >= 0.6 is 0 Å². The average Bonchev–Trinajstić information content (AvgIpc) is 3.06. The summed E-state index contributed by atoms with van der Waals surface area (Å²) in [4.78, 5) is 28.5. The Hall–Kier alpha value is -2.90. The molecule has 1 aromatic carbocycles. The summed E-state index contributed by atoms with van der Waals surface area (Å²) in [5.41, 5.74) is 0.0936. The first kappa shape index (κ1) is 20.8. The molecule has 2 aromatic rings. The molecule has 0 bridgehead atoms. The molecule has 0 aliphatic heterocycles. The minimum absolute atomic E-state index is 0.101. The van der Waals surface area contributed by atoms with Crippen molar-refractivity contribution in [3.63, 3.8) is 0 Å². The Kier molecular flexibility index (Phi) is 6.85. The fourth-order valence-electron chi connectivity index (χ4n) is 3.77. The predicted octanol–water partition coefficient (Wildman–Crippen LogP) is 3.34. The maximum atomic E-state index is 12.2. The molecular formula is C21H28N4O4. The van der Waals surface area contributed by atoms with E-state index in [2.05, 4.69) is 20.8 Å². The highest BCUT2D eigenvalue weighted by Gasteiger charge is 2.38. The van der Waals surface area contributed by atoms with Crippen LogP contribution in [0.5, 0.6) is 5.75 Å². The van der Waals surface area contributed by atoms with Crippen LogP contribution in [0.2, 0.25) is 0 Å². The number of aryl methyl sites for hydroxylation is 1. The largest absolute Gasteiger partial charge is 0.497 e. The van der Waals surface area contributed by atoms with E-state index in [0.717, 1.165) is 38.5 Å². The van der Waals surface area contributed by atoms with Gasteiger partial charge < -0.3 is 19.9 Å². The van der Waals surface area contributed by atoms with Crippen LogP contribution in [-0.4, -0.2) is 29.1 Å². The molecule has 2 N–H and O–H groups in total. The third-order valence-electron chi connectivity index (χ3n) is 5.19. The minimum atomic E-state index is -0.576. The highest BCUT2D eigenvalue weighted by atomic mass is 16.5. The Balaban J connectivity index is 1.62. The molecule has 1 aliphatic carbocycles. The Bertz CT molecular complexity index is 841. The van der Waals surface area contributed by atoms with Gasteiger partial charge in [-0.3, -0.25) is 9.59 Å². The number of aromatic nitrogens is 2. The number of hydrogen-bond donors (Lipinski definition) is 2. The van der Waals surface area contributed by atoms with E-state index in [1.807, 2.05) is 12.1 Å². The van der Waals surface area contributed by atoms with Crippen LogP contribution in [-0.2, 0) is 21.5 Å². The Morgan fingerprint density at radius 3 is 2.66 bits per heavy atom. The number of nitrogens with zero attached hydrogens (tertiary/aromatic N) is 2. The second kappa shape index (κ2) is 9.54. The summed E-state index contributed by atoms with van der Waals surface area (Å²) in [7, 11) is 1.58. The van der Waals surface area contributed by atoms with E-state index >= 15 is 0 Å². The summed E-state index contributed by atoms with van der Waals surface area (Å²) >= 11 is 0. The highest BCUT2D eigenvalue weighted by Crippen LogP contribution is 2.34. The van der Waals surface area contributed by atoms with Crippen molar-refractivity contribution in [2.45, 2.75) is 63.8 Å². The van der Waals surface area contributed by atoms with Crippen molar-refractivity contribution < 1.29 is 18.8 Å². The molecule has 0 atom stereocenters. The summed E-state index contributed by atoms with van der Waals surface area (Å²) in [6.07, 6.45) is 6.42. The fraction of sp³-hybridized carbons (Fsp3) is 0.524. The molecular weight excluding hydrogens is 372 g/mol. The number of benzene rings is 1. The SMILES string of the molecule is COc1cccc(NC(=O)CCc2nc(C3(NC(C)=O)CCCCCC3)no2)c1. The monoisotopic (exact) mass is 400 g/mol. The number of anilines is 1. The van der Waals surface area contributed by atoms with Crippen molar-refractivity contribution in [3.05, 3.63) is 36.0 Å². The lowest BCUT2D eigenvalue weighted by atomic mass is 9.89. The normalized spacial score (nSPS) is 15.9. The number of hydrogen-bond acceptors (Lipinski definition) is 6. The van der Waals surface area contributed by atoms with Crippen LogP contribution in [0.1, 0.15) is 63.6 Å². The topological polar surface area (TPSA) is 106 Å². The van der Waals surface area contributed by atoms with E-state index < -0.39 is 5.54 Å². The van der Waals surface area contributed by atoms with Crippen LogP contribution in [0.15, 0.2) is 28.8 Å². The molecule has 8 nitrogen and oxygen atoms in total. The van der Waals surface area contributed by atoms with Crippen LogP contribution in [0.4, 0.5) is 5.69 Å². The van der Waals surface area contributed by atoms with Gasteiger partial charge in [0.1, 0.15) is 11.3 Å². The lowest BCUT2D eigenvalue weighted by Gasteiger charge is -2.30. The predicted molar refractivity (Wildman–Crippen MR) is 107 cm³/mol. The molecule has 156 valence electrons. The Labute approximate surface area is 170 Å². The second-order valence-electron chi connectivity index (χ2n) is 7.47. The van der Waals surface area contributed by atoms with Crippen molar-refractivity contribution in [1.29, 1.82) is 0 Å². The van der Waals surface area contributed by atoms with Crippen molar-refractivity contribution in [2.24, 2.45) is 0 Å². The number of rotatable bonds is 7. The molecule has 0 saturated heterocycles. The fourth-order valence-corrected chi connectivity index (χ4v) is 3.77. The van der Waals surface area contributed by atoms with Crippen molar-refractivity contribution in [1.82, 2.24) is 15.5 Å². The first-order chi connectivity index (χ1) is 14.0. The quantitative estimate of drug-likeness (QED) is 0.691. The molecule has 3 rings (SSSR count). The third-order valence-corrected chi connectivity index (χ3v) is 5.19. The molecule has 0 spiro atoms. The van der Waals surface area contributed by atoms with Crippen LogP contribution in [0.25, 0.3) is 0 Å². The molecule has 1 aromatic heterocycles. The number of carbonyl (C=O) groups excluding carboxylic acids is 2. The van der Waals surface area contributed by atoms with Gasteiger partial charge in [-0.1, -0.05) is 36.9 Å². The number of amides is 2. The summed E-state index contributed by atoms with van der Waals surface area (Å²) in [5, 5.41) is 10.0. The lowest BCUT2D eigenvalue weighted by Crippen LogP contribution is -2.45. The van der Waals surface area contributed by atoms with Gasteiger partial charge in [0, 0.05) is 31.5 Å². The zero-order chi connectivity index (χ0) is 20.7. The highest BCUT2D eigenvalue weighted by molar-refractivity contribution is 5.90. The second-order valence-corrected chi connectivity index (χ2v) is 7.47. The first-order valence-electron chi connectivity index (χ1n) is 10.1. The van der Waals surface area contributed by atoms with Gasteiger partial charge in [0.25, 0.3) is 0 Å². The standard InChI is InChI=1S/C21H28N4O4/c1-15(26)24-21(12-5-3-4-6-13-21)20-23-19(29-25-20)11-10-18(27)22-16-8-7-9-17(14-16)28-2/h7-9,14H,3-6,10-13H2,1-2H3,(H,22,27)(H,24,26). The zero-order valence-electron chi connectivity index (χ0n) is 17.0. The molecule has 8 heteroatoms. The third kappa shape index (κ3) is 5.56. The van der Waals surface area contributed by atoms with E-state index in [0.29, 0.717) is 29.6 Å². The Morgan fingerprint density at radius 1 is 1.21 bits per heavy atom. The maximum Gasteiger partial charge on any atom is 0.227 e. The maximum absolute atomic E-state index is 12.2. The number of methoxy groups -OCH3 is 1. The average molecular weight is 400 g/mol. The minimum Gasteiger partial charge on any atom is -0.497 e. The smallest absolute Gasteiger partial charge is 0.227 e. The number of ether oxygens (including phenoxy) is 1. The van der Waals surface area contributed by atoms with Gasteiger partial charge in [0.2, 0.25) is 17.7 Å². The van der Waals surface area contributed by atoms with Gasteiger partial charge in [-0.05, 0) is 25.0 Å². The molecule has 2 amide bonds. The van der Waals surface area contributed by atoms with Crippen LogP contribution in [0, 0.1) is 0 Å². The van der Waals surface area contributed by atoms with Gasteiger partial charge in [0.15, 0.2) is 5.82 Å². The molecule has 1 aliphatic rings. The molecule has 29 heavy (non-hydrogen) atoms. The van der Waals surface area contributed by atoms with E-state index in [4.69, 9.17) is 9.26 Å². The Morgan fingerprint density at radius 2 is 1.97 bits per heavy atom. The molecule has 1 saturated carbocycles. The van der Waals surface area contributed by atoms with Crippen molar-refractivity contribution in [2.75, 3.05) is 12.4 Å². The summed E-state index contributed by atoms with van der Waals surface area (Å²) in [6, 6.07) is 7.18. The van der Waals surface area contributed by atoms with Crippen LogP contribution in [0.3, 0.4) is 0 Å². The number of nitrogens with one attached hydrogen (secondary N) is 2. The van der Waals surface area contributed by atoms with Crippen LogP contribution < -0.4 is 15.4 Å². The van der Waals surface area contributed by atoms with E-state index in [1.54, 1.807) is 19.2 Å². The van der Waals surface area contributed by atoms with Gasteiger partial charge in [-0.15, -0.1) is 0 Å². The van der Waals surface area contributed by atoms with E-state index in [-0.39, 0.29) is 18.2 Å². The van der Waals surface area contributed by atoms with E-state index in [1.165, 1.54) is 6.92 Å². The van der Waals surface area contributed by atoms with E-state index in [9.17, 15) is 9.59 Å². The van der Waals surface area contributed by atoms with Gasteiger partial charge in [0.05, 0.1) is 7.11 Å². The van der Waals surface area contributed by atoms with Gasteiger partial charge in [-0.2, -0.15) is 4.98 Å². The van der Waals surface area contributed by atoms with Crippen molar-refractivity contribution in [3.8, 4) is 5.75 Å². The van der Waals surface area contributed by atoms with Crippen molar-refractivity contribution >= 4 is 17.5 Å². The lowest BCUT2D eigenvalue weighted by molar-refractivity contribution is -0.121. The zero-order valence-corrected chi connectivity index (χ0v) is 17.0. The first-order valence-corrected chi connectivity index (χ1v) is 10.1. The number of carbonyl (C=O) groups is 2. The molecule has 1 fully saturated rings. The summed E-state index contributed by atoms with van der Waals surface area (Å²) in [6.45, 7) is 1.51. The van der Waals surface area contributed by atoms with Gasteiger partial charge in [-0.25, -0.2) is 0 Å². The summed E-state index contributed by atoms with van der Waals surface area (Å²) < 4.78 is 10.5. The molecule has 0 unspecified atom stereocenters. The summed E-state index contributed by atoms with van der Waals surface area (Å²) in [5.74, 6) is 1.34. The molecule has 1 heterocycles.